The van der Waals surface area contributed by atoms with Crippen molar-refractivity contribution in [3.63, 3.8) is 0 Å². The number of amides is 1. The average Bonchev–Trinajstić information content (AvgIpc) is 2.90. The quantitative estimate of drug-likeness (QED) is 0.860. The van der Waals surface area contributed by atoms with E-state index in [2.05, 4.69) is 0 Å². The lowest BCUT2D eigenvalue weighted by molar-refractivity contribution is 0.0126. The van der Waals surface area contributed by atoms with Gasteiger partial charge in [0.1, 0.15) is 16.9 Å². The first-order valence-corrected chi connectivity index (χ1v) is 8.67. The van der Waals surface area contributed by atoms with Gasteiger partial charge in [-0.05, 0) is 32.9 Å². The molecule has 25 heavy (non-hydrogen) atoms. The third kappa shape index (κ3) is 2.69. The molecule has 2 aromatic rings. The molecule has 3 heterocycles. The molecule has 1 fully saturated rings. The molecule has 0 aliphatic carbocycles. The highest BCUT2D eigenvalue weighted by Crippen LogP contribution is 2.45. The molecule has 0 saturated carbocycles. The van der Waals surface area contributed by atoms with Crippen LogP contribution in [-0.2, 0) is 4.74 Å². The number of aryl methyl sites for hydroxylation is 1. The molecular formula is C19H23NO5. The highest BCUT2D eigenvalue weighted by atomic mass is 16.5. The molecule has 1 saturated heterocycles. The van der Waals surface area contributed by atoms with E-state index in [4.69, 9.17) is 13.9 Å². The number of nitrogens with zero attached hydrogens (tertiary/aromatic N) is 1. The average molecular weight is 345 g/mol. The number of aliphatic hydroxyl groups excluding tert-OH is 1. The van der Waals surface area contributed by atoms with E-state index in [1.165, 1.54) is 0 Å². The lowest BCUT2D eigenvalue weighted by atomic mass is 9.89. The zero-order valence-corrected chi connectivity index (χ0v) is 14.8. The zero-order chi connectivity index (χ0) is 17.8. The molecule has 1 aromatic heterocycles. The number of aliphatic hydroxyl groups is 1. The summed E-state index contributed by atoms with van der Waals surface area (Å²) in [5.74, 6) is 0.866. The molecule has 1 atom stereocenters. The first-order chi connectivity index (χ1) is 11.9. The minimum atomic E-state index is -0.648. The molecule has 134 valence electrons. The van der Waals surface area contributed by atoms with Crippen molar-refractivity contribution in [1.29, 1.82) is 0 Å². The van der Waals surface area contributed by atoms with Crippen LogP contribution in [0.5, 0.6) is 5.75 Å². The van der Waals surface area contributed by atoms with Gasteiger partial charge in [-0.2, -0.15) is 0 Å². The summed E-state index contributed by atoms with van der Waals surface area (Å²) in [5.41, 5.74) is 1.66. The predicted octanol–water partition coefficient (Wildman–Crippen LogP) is 2.81. The number of hydrogen-bond acceptors (Lipinski definition) is 5. The van der Waals surface area contributed by atoms with Crippen LogP contribution in [0.2, 0.25) is 0 Å². The van der Waals surface area contributed by atoms with Crippen molar-refractivity contribution in [2.75, 3.05) is 26.3 Å². The highest BCUT2D eigenvalue weighted by molar-refractivity contribution is 6.00. The lowest BCUT2D eigenvalue weighted by Crippen LogP contribution is -2.40. The number of carbonyl (C=O) groups excluding carboxylic acids is 1. The maximum Gasteiger partial charge on any atom is 0.290 e. The van der Waals surface area contributed by atoms with Gasteiger partial charge < -0.3 is 23.9 Å². The number of carbonyl (C=O) groups is 1. The Labute approximate surface area is 146 Å². The third-order valence-electron chi connectivity index (χ3n) is 4.99. The van der Waals surface area contributed by atoms with Crippen LogP contribution >= 0.6 is 0 Å². The van der Waals surface area contributed by atoms with Gasteiger partial charge in [0, 0.05) is 36.0 Å². The van der Waals surface area contributed by atoms with Crippen LogP contribution in [-0.4, -0.2) is 47.8 Å². The molecule has 4 rings (SSSR count). The van der Waals surface area contributed by atoms with Crippen LogP contribution in [0.4, 0.5) is 0 Å². The summed E-state index contributed by atoms with van der Waals surface area (Å²) in [5, 5.41) is 11.5. The van der Waals surface area contributed by atoms with Gasteiger partial charge in [0.2, 0.25) is 0 Å². The molecule has 6 heteroatoms. The Hall–Kier alpha value is -2.05. The minimum Gasteiger partial charge on any atom is -0.487 e. The second-order valence-electron chi connectivity index (χ2n) is 7.39. The third-order valence-corrected chi connectivity index (χ3v) is 4.99. The monoisotopic (exact) mass is 345 g/mol. The minimum absolute atomic E-state index is 0.128. The van der Waals surface area contributed by atoms with Crippen LogP contribution in [0.3, 0.4) is 0 Å². The van der Waals surface area contributed by atoms with Crippen molar-refractivity contribution in [2.45, 2.75) is 38.9 Å². The predicted molar refractivity (Wildman–Crippen MR) is 92.0 cm³/mol. The van der Waals surface area contributed by atoms with Crippen molar-refractivity contribution in [3.8, 4) is 5.75 Å². The first-order valence-electron chi connectivity index (χ1n) is 8.67. The summed E-state index contributed by atoms with van der Waals surface area (Å²) in [6, 6.07) is 3.62. The van der Waals surface area contributed by atoms with Crippen LogP contribution in [0.1, 0.15) is 48.1 Å². The van der Waals surface area contributed by atoms with E-state index in [9.17, 15) is 9.90 Å². The number of morpholine rings is 1. The normalized spacial score (nSPS) is 22.6. The van der Waals surface area contributed by atoms with Gasteiger partial charge in [-0.1, -0.05) is 0 Å². The second-order valence-corrected chi connectivity index (χ2v) is 7.39. The van der Waals surface area contributed by atoms with Gasteiger partial charge in [-0.15, -0.1) is 0 Å². The number of ether oxygens (including phenoxy) is 2. The molecular weight excluding hydrogens is 322 g/mol. The Balaban J connectivity index is 1.81. The van der Waals surface area contributed by atoms with Gasteiger partial charge in [0.15, 0.2) is 5.76 Å². The Morgan fingerprint density at radius 1 is 1.28 bits per heavy atom. The number of fused-ring (bicyclic) bond motifs is 3. The Morgan fingerprint density at radius 2 is 2.00 bits per heavy atom. The second kappa shape index (κ2) is 5.75. The van der Waals surface area contributed by atoms with Crippen molar-refractivity contribution in [2.24, 2.45) is 0 Å². The molecule has 1 amide bonds. The maximum absolute atomic E-state index is 12.8. The fraction of sp³-hybridized carbons (Fsp3) is 0.526. The Bertz CT molecular complexity index is 832. The summed E-state index contributed by atoms with van der Waals surface area (Å²) in [7, 11) is 0. The molecule has 6 nitrogen and oxygen atoms in total. The fourth-order valence-corrected chi connectivity index (χ4v) is 3.79. The number of benzene rings is 1. The van der Waals surface area contributed by atoms with Crippen LogP contribution in [0.25, 0.3) is 11.0 Å². The molecule has 0 spiro atoms. The van der Waals surface area contributed by atoms with Crippen molar-refractivity contribution < 1.29 is 23.8 Å². The molecule has 1 N–H and O–H groups in total. The van der Waals surface area contributed by atoms with E-state index >= 15 is 0 Å². The topological polar surface area (TPSA) is 72.1 Å². The molecule has 1 unspecified atom stereocenters. The van der Waals surface area contributed by atoms with Gasteiger partial charge in [-0.3, -0.25) is 4.79 Å². The van der Waals surface area contributed by atoms with E-state index in [1.807, 2.05) is 32.9 Å². The zero-order valence-electron chi connectivity index (χ0n) is 14.8. The number of furan rings is 1. The van der Waals surface area contributed by atoms with E-state index in [0.29, 0.717) is 49.8 Å². The van der Waals surface area contributed by atoms with E-state index in [0.717, 1.165) is 16.5 Å². The fourth-order valence-electron chi connectivity index (χ4n) is 3.79. The van der Waals surface area contributed by atoms with Crippen molar-refractivity contribution in [1.82, 2.24) is 4.90 Å². The maximum atomic E-state index is 12.8. The van der Waals surface area contributed by atoms with Gasteiger partial charge >= 0.3 is 0 Å². The summed E-state index contributed by atoms with van der Waals surface area (Å²) < 4.78 is 17.2. The highest BCUT2D eigenvalue weighted by Gasteiger charge is 2.36. The standard InChI is InChI=1S/C19H23NO5/c1-11-15-13(24-17(11)18(22)20-6-8-23-9-7-20)4-5-14-16(15)12(21)10-19(2,3)25-14/h4-5,12,21H,6-10H2,1-3H3. The number of hydrogen-bond donors (Lipinski definition) is 1. The summed E-state index contributed by atoms with van der Waals surface area (Å²) in [4.78, 5) is 14.6. The van der Waals surface area contributed by atoms with Gasteiger partial charge in [0.05, 0.1) is 19.3 Å². The molecule has 2 aliphatic heterocycles. The van der Waals surface area contributed by atoms with Gasteiger partial charge in [0.25, 0.3) is 5.91 Å². The van der Waals surface area contributed by atoms with Gasteiger partial charge in [-0.25, -0.2) is 0 Å². The van der Waals surface area contributed by atoms with Crippen LogP contribution in [0, 0.1) is 6.92 Å². The molecule has 0 bridgehead atoms. The Kier molecular flexibility index (Phi) is 3.77. The van der Waals surface area contributed by atoms with E-state index in [-0.39, 0.29) is 5.91 Å². The van der Waals surface area contributed by atoms with Crippen LogP contribution in [0.15, 0.2) is 16.5 Å². The summed E-state index contributed by atoms with van der Waals surface area (Å²) in [6.45, 7) is 8.00. The lowest BCUT2D eigenvalue weighted by Gasteiger charge is -2.35. The van der Waals surface area contributed by atoms with Crippen molar-refractivity contribution >= 4 is 16.9 Å². The number of rotatable bonds is 1. The largest absolute Gasteiger partial charge is 0.487 e. The molecule has 0 radical (unpaired) electrons. The SMILES string of the molecule is Cc1c(C(=O)N2CCOCC2)oc2ccc3c(c12)C(O)CC(C)(C)O3. The van der Waals surface area contributed by atoms with Crippen LogP contribution < -0.4 is 4.74 Å². The molecule has 2 aliphatic rings. The van der Waals surface area contributed by atoms with E-state index in [1.54, 1.807) is 4.90 Å². The molecule has 1 aromatic carbocycles. The smallest absolute Gasteiger partial charge is 0.290 e. The summed E-state index contributed by atoms with van der Waals surface area (Å²) >= 11 is 0. The van der Waals surface area contributed by atoms with Crippen molar-refractivity contribution in [3.05, 3.63) is 29.0 Å². The summed E-state index contributed by atoms with van der Waals surface area (Å²) in [6.07, 6.45) is -0.152. The first kappa shape index (κ1) is 16.4. The Morgan fingerprint density at radius 3 is 2.72 bits per heavy atom. The van der Waals surface area contributed by atoms with E-state index < -0.39 is 11.7 Å².